The molecule has 1 amide bonds. The molecule has 0 aromatic carbocycles. The van der Waals surface area contributed by atoms with Crippen LogP contribution in [0.3, 0.4) is 0 Å². The van der Waals surface area contributed by atoms with Crippen LogP contribution < -0.4 is 10.6 Å². The Kier molecular flexibility index (Phi) is 6.67. The number of piperidine rings is 1. The second-order valence-electron chi connectivity index (χ2n) is 4.30. The summed E-state index contributed by atoms with van der Waals surface area (Å²) < 4.78 is 9.74. The number of ether oxygens (including phenoxy) is 2. The quantitative estimate of drug-likeness (QED) is 0.338. The zero-order chi connectivity index (χ0) is 14.1. The Morgan fingerprint density at radius 3 is 2.95 bits per heavy atom. The van der Waals surface area contributed by atoms with E-state index in [9.17, 15) is 9.59 Å². The smallest absolute Gasteiger partial charge is 0.412 e. The molecule has 6 nitrogen and oxygen atoms in total. The van der Waals surface area contributed by atoms with Gasteiger partial charge in [-0.2, -0.15) is 0 Å². The van der Waals surface area contributed by atoms with Crippen molar-refractivity contribution in [2.45, 2.75) is 19.8 Å². The van der Waals surface area contributed by atoms with Crippen LogP contribution in [0.4, 0.5) is 4.79 Å². The highest BCUT2D eigenvalue weighted by Gasteiger charge is 2.07. The lowest BCUT2D eigenvalue weighted by Crippen LogP contribution is -2.28. The molecule has 0 aliphatic carbocycles. The molecule has 1 aliphatic rings. The number of esters is 1. The van der Waals surface area contributed by atoms with Crippen molar-refractivity contribution in [3.63, 3.8) is 0 Å². The second kappa shape index (κ2) is 8.31. The number of alkyl carbamates (subject to hydrolysis) is 1. The Balaban J connectivity index is 2.11. The van der Waals surface area contributed by atoms with Crippen LogP contribution in [0.25, 0.3) is 0 Å². The van der Waals surface area contributed by atoms with Crippen molar-refractivity contribution in [3.8, 4) is 0 Å². The average molecular weight is 268 g/mol. The topological polar surface area (TPSA) is 76.7 Å². The molecule has 0 aromatic heterocycles. The summed E-state index contributed by atoms with van der Waals surface area (Å²) in [7, 11) is 0. The van der Waals surface area contributed by atoms with Crippen LogP contribution in [0.15, 0.2) is 24.0 Å². The highest BCUT2D eigenvalue weighted by atomic mass is 16.5. The second-order valence-corrected chi connectivity index (χ2v) is 4.30. The summed E-state index contributed by atoms with van der Waals surface area (Å²) in [6.07, 6.45) is 2.91. The molecule has 106 valence electrons. The fourth-order valence-corrected chi connectivity index (χ4v) is 1.48. The number of nitrogens with one attached hydrogen (secondary N) is 2. The van der Waals surface area contributed by atoms with Crippen molar-refractivity contribution >= 4 is 12.1 Å². The van der Waals surface area contributed by atoms with E-state index in [0.29, 0.717) is 5.57 Å². The van der Waals surface area contributed by atoms with E-state index >= 15 is 0 Å². The first kappa shape index (κ1) is 15.2. The minimum atomic E-state index is -0.551. The highest BCUT2D eigenvalue weighted by molar-refractivity contribution is 5.86. The molecule has 0 aromatic rings. The molecule has 1 rings (SSSR count). The zero-order valence-corrected chi connectivity index (χ0v) is 11.2. The third-order valence-electron chi connectivity index (χ3n) is 2.49. The molecule has 0 bridgehead atoms. The predicted molar refractivity (Wildman–Crippen MR) is 70.4 cm³/mol. The average Bonchev–Trinajstić information content (AvgIpc) is 2.42. The zero-order valence-electron chi connectivity index (χ0n) is 11.2. The van der Waals surface area contributed by atoms with E-state index < -0.39 is 12.1 Å². The largest absolute Gasteiger partial charge is 0.460 e. The van der Waals surface area contributed by atoms with Crippen molar-refractivity contribution in [2.24, 2.45) is 0 Å². The molecular formula is C13H20N2O4. The molecule has 1 heterocycles. The van der Waals surface area contributed by atoms with E-state index in [2.05, 4.69) is 17.2 Å². The van der Waals surface area contributed by atoms with Gasteiger partial charge >= 0.3 is 12.1 Å². The summed E-state index contributed by atoms with van der Waals surface area (Å²) in [5.41, 5.74) is 1.40. The summed E-state index contributed by atoms with van der Waals surface area (Å²) in [5, 5.41) is 5.67. The Bertz CT molecular complexity index is 369. The molecule has 1 aliphatic heterocycles. The maximum atomic E-state index is 11.3. The van der Waals surface area contributed by atoms with Crippen LogP contribution in [0, 0.1) is 0 Å². The van der Waals surface area contributed by atoms with Gasteiger partial charge in [-0.15, -0.1) is 0 Å². The van der Waals surface area contributed by atoms with Crippen LogP contribution >= 0.6 is 0 Å². The van der Waals surface area contributed by atoms with Crippen LogP contribution in [0.2, 0.25) is 0 Å². The Morgan fingerprint density at radius 1 is 1.53 bits per heavy atom. The number of rotatable bonds is 5. The summed E-state index contributed by atoms with van der Waals surface area (Å²) in [6, 6.07) is 0. The monoisotopic (exact) mass is 268 g/mol. The lowest BCUT2D eigenvalue weighted by atomic mass is 10.1. The van der Waals surface area contributed by atoms with Gasteiger partial charge in [0.15, 0.2) is 0 Å². The summed E-state index contributed by atoms with van der Waals surface area (Å²) in [4.78, 5) is 22.3. The molecule has 0 atom stereocenters. The molecule has 0 saturated carbocycles. The number of hydrogen-bond acceptors (Lipinski definition) is 5. The van der Waals surface area contributed by atoms with Crippen molar-refractivity contribution in [1.29, 1.82) is 0 Å². The van der Waals surface area contributed by atoms with Crippen LogP contribution in [-0.4, -0.2) is 38.3 Å². The van der Waals surface area contributed by atoms with Crippen LogP contribution in [0.1, 0.15) is 19.8 Å². The summed E-state index contributed by atoms with van der Waals surface area (Å²) in [6.45, 7) is 7.07. The van der Waals surface area contributed by atoms with Crippen molar-refractivity contribution in [1.82, 2.24) is 10.6 Å². The van der Waals surface area contributed by atoms with Gasteiger partial charge < -0.3 is 20.1 Å². The van der Waals surface area contributed by atoms with Gasteiger partial charge in [0.2, 0.25) is 0 Å². The van der Waals surface area contributed by atoms with E-state index in [4.69, 9.17) is 9.47 Å². The van der Waals surface area contributed by atoms with Gasteiger partial charge in [0, 0.05) is 12.1 Å². The third-order valence-corrected chi connectivity index (χ3v) is 2.49. The van der Waals surface area contributed by atoms with Gasteiger partial charge in [0.25, 0.3) is 0 Å². The highest BCUT2D eigenvalue weighted by Crippen LogP contribution is 2.07. The number of carbonyl (C=O) groups is 2. The van der Waals surface area contributed by atoms with Gasteiger partial charge in [0.05, 0.1) is 12.8 Å². The van der Waals surface area contributed by atoms with Gasteiger partial charge in [0.1, 0.15) is 6.61 Å². The first-order valence-corrected chi connectivity index (χ1v) is 6.25. The van der Waals surface area contributed by atoms with E-state index in [1.807, 2.05) is 0 Å². The lowest BCUT2D eigenvalue weighted by Gasteiger charge is -2.14. The normalized spacial score (nSPS) is 16.8. The SMILES string of the molecule is C=C(C)C(=O)OCCNC(=O)OC=C1CCCNC1. The molecule has 19 heavy (non-hydrogen) atoms. The lowest BCUT2D eigenvalue weighted by molar-refractivity contribution is -0.138. The molecule has 6 heteroatoms. The molecular weight excluding hydrogens is 248 g/mol. The third kappa shape index (κ3) is 6.61. The minimum absolute atomic E-state index is 0.0962. The van der Waals surface area contributed by atoms with Gasteiger partial charge in [-0.25, -0.2) is 9.59 Å². The maximum absolute atomic E-state index is 11.3. The number of amides is 1. The van der Waals surface area contributed by atoms with Crippen molar-refractivity contribution < 1.29 is 19.1 Å². The molecule has 1 fully saturated rings. The maximum Gasteiger partial charge on any atom is 0.412 e. The Hall–Kier alpha value is -1.82. The fraction of sp³-hybridized carbons (Fsp3) is 0.538. The number of hydrogen-bond donors (Lipinski definition) is 2. The molecule has 1 saturated heterocycles. The Labute approximate surface area is 112 Å². The van der Waals surface area contributed by atoms with E-state index in [0.717, 1.165) is 31.5 Å². The van der Waals surface area contributed by atoms with E-state index in [1.165, 1.54) is 6.26 Å². The summed E-state index contributed by atoms with van der Waals surface area (Å²) >= 11 is 0. The fourth-order valence-electron chi connectivity index (χ4n) is 1.48. The Morgan fingerprint density at radius 2 is 2.32 bits per heavy atom. The first-order valence-electron chi connectivity index (χ1n) is 6.25. The van der Waals surface area contributed by atoms with E-state index in [-0.39, 0.29) is 13.2 Å². The standard InChI is InChI=1S/C13H20N2O4/c1-10(2)12(16)18-7-6-15-13(17)19-9-11-4-3-5-14-8-11/h9,14H,1,3-8H2,2H3,(H,15,17). The van der Waals surface area contributed by atoms with Gasteiger partial charge in [-0.3, -0.25) is 0 Å². The minimum Gasteiger partial charge on any atom is -0.460 e. The van der Waals surface area contributed by atoms with Crippen molar-refractivity contribution in [2.75, 3.05) is 26.2 Å². The van der Waals surface area contributed by atoms with Gasteiger partial charge in [-0.05, 0) is 31.9 Å². The first-order chi connectivity index (χ1) is 9.09. The van der Waals surface area contributed by atoms with Crippen LogP contribution in [-0.2, 0) is 14.3 Å². The molecule has 0 radical (unpaired) electrons. The molecule has 2 N–H and O–H groups in total. The molecule has 0 spiro atoms. The molecule has 0 unspecified atom stereocenters. The summed E-state index contributed by atoms with van der Waals surface area (Å²) in [5.74, 6) is -0.467. The van der Waals surface area contributed by atoms with E-state index in [1.54, 1.807) is 6.92 Å². The predicted octanol–water partition coefficient (Wildman–Crippen LogP) is 1.10. The van der Waals surface area contributed by atoms with Crippen molar-refractivity contribution in [3.05, 3.63) is 24.0 Å². The number of carbonyl (C=O) groups excluding carboxylic acids is 2. The van der Waals surface area contributed by atoms with Gasteiger partial charge in [-0.1, -0.05) is 6.58 Å². The van der Waals surface area contributed by atoms with Crippen LogP contribution in [0.5, 0.6) is 0 Å².